The predicted octanol–water partition coefficient (Wildman–Crippen LogP) is 3.24. The molecule has 0 heterocycles. The van der Waals surface area contributed by atoms with Crippen molar-refractivity contribution in [2.24, 2.45) is 5.41 Å². The largest absolute Gasteiger partial charge is 0.308 e. The molecule has 0 aliphatic heterocycles. The average Bonchev–Trinajstić information content (AvgIpc) is 2.41. The van der Waals surface area contributed by atoms with Gasteiger partial charge < -0.3 is 10.2 Å². The summed E-state index contributed by atoms with van der Waals surface area (Å²) in [5.74, 6) is 0. The number of likely N-dealkylation sites (N-methyl/N-ethyl adjacent to an activating group) is 1. The minimum Gasteiger partial charge on any atom is -0.308 e. The Hall–Kier alpha value is -0.860. The van der Waals surface area contributed by atoms with E-state index in [-0.39, 0.29) is 0 Å². The molecule has 0 saturated carbocycles. The van der Waals surface area contributed by atoms with Crippen LogP contribution in [0.5, 0.6) is 0 Å². The van der Waals surface area contributed by atoms with Gasteiger partial charge in [-0.15, -0.1) is 0 Å². The Labute approximate surface area is 118 Å². The van der Waals surface area contributed by atoms with Crippen molar-refractivity contribution >= 4 is 0 Å². The van der Waals surface area contributed by atoms with Gasteiger partial charge in [0.15, 0.2) is 0 Å². The van der Waals surface area contributed by atoms with Crippen LogP contribution in [0.4, 0.5) is 0 Å². The van der Waals surface area contributed by atoms with E-state index < -0.39 is 0 Å². The molecule has 0 aromatic heterocycles. The Balaban J connectivity index is 2.08. The molecular formula is C17H28N2. The summed E-state index contributed by atoms with van der Waals surface area (Å²) in [6, 6.07) is 9.42. The lowest BCUT2D eigenvalue weighted by atomic mass is 9.70. The summed E-state index contributed by atoms with van der Waals surface area (Å²) in [5.41, 5.74) is 3.39. The number of aryl methyl sites for hydroxylation is 1. The molecule has 1 aliphatic carbocycles. The zero-order chi connectivity index (χ0) is 13.9. The number of nitrogens with one attached hydrogen (secondary N) is 1. The third-order valence-electron chi connectivity index (χ3n) is 4.57. The molecule has 0 radical (unpaired) electrons. The standard InChI is InChI=1S/C17H28N2/c1-5-19(4)13-12-18-16-15-9-7-6-8-14(15)10-11-17(16,2)3/h6-9,16,18H,5,10-13H2,1-4H3. The van der Waals surface area contributed by atoms with Crippen molar-refractivity contribution in [1.82, 2.24) is 10.2 Å². The number of fused-ring (bicyclic) bond motifs is 1. The van der Waals surface area contributed by atoms with E-state index in [0.717, 1.165) is 19.6 Å². The van der Waals surface area contributed by atoms with Crippen LogP contribution in [0.25, 0.3) is 0 Å². The lowest BCUT2D eigenvalue weighted by molar-refractivity contribution is 0.202. The highest BCUT2D eigenvalue weighted by molar-refractivity contribution is 5.34. The first kappa shape index (κ1) is 14.5. The zero-order valence-corrected chi connectivity index (χ0v) is 12.9. The topological polar surface area (TPSA) is 15.3 Å². The summed E-state index contributed by atoms with van der Waals surface area (Å²) in [7, 11) is 2.18. The summed E-state index contributed by atoms with van der Waals surface area (Å²) < 4.78 is 0. The summed E-state index contributed by atoms with van der Waals surface area (Å²) in [5, 5.41) is 3.79. The third-order valence-corrected chi connectivity index (χ3v) is 4.57. The molecule has 0 bridgehead atoms. The van der Waals surface area contributed by atoms with E-state index in [2.05, 4.69) is 62.3 Å². The molecule has 106 valence electrons. The van der Waals surface area contributed by atoms with Crippen LogP contribution in [0.1, 0.15) is 44.4 Å². The van der Waals surface area contributed by atoms with Crippen molar-refractivity contribution in [3.8, 4) is 0 Å². The summed E-state index contributed by atoms with van der Waals surface area (Å²) in [6.45, 7) is 10.3. The second kappa shape index (κ2) is 6.06. The van der Waals surface area contributed by atoms with Gasteiger partial charge in [-0.25, -0.2) is 0 Å². The molecule has 1 aliphatic rings. The molecule has 1 N–H and O–H groups in total. The number of hydrogen-bond donors (Lipinski definition) is 1. The monoisotopic (exact) mass is 260 g/mol. The second-order valence-corrected chi connectivity index (χ2v) is 6.47. The van der Waals surface area contributed by atoms with Crippen LogP contribution < -0.4 is 5.32 Å². The van der Waals surface area contributed by atoms with Crippen LogP contribution in [0.2, 0.25) is 0 Å². The van der Waals surface area contributed by atoms with Gasteiger partial charge in [-0.2, -0.15) is 0 Å². The zero-order valence-electron chi connectivity index (χ0n) is 12.9. The molecule has 2 rings (SSSR count). The molecule has 19 heavy (non-hydrogen) atoms. The van der Waals surface area contributed by atoms with Gasteiger partial charge in [-0.1, -0.05) is 45.0 Å². The van der Waals surface area contributed by atoms with E-state index >= 15 is 0 Å². The van der Waals surface area contributed by atoms with Gasteiger partial charge in [0.2, 0.25) is 0 Å². The average molecular weight is 260 g/mol. The molecule has 1 aromatic carbocycles. The molecule has 1 unspecified atom stereocenters. The highest BCUT2D eigenvalue weighted by Gasteiger charge is 2.35. The minimum absolute atomic E-state index is 0.346. The van der Waals surface area contributed by atoms with Crippen molar-refractivity contribution in [2.75, 3.05) is 26.7 Å². The smallest absolute Gasteiger partial charge is 0.0375 e. The van der Waals surface area contributed by atoms with Crippen molar-refractivity contribution in [1.29, 1.82) is 0 Å². The predicted molar refractivity (Wildman–Crippen MR) is 82.5 cm³/mol. The SMILES string of the molecule is CCN(C)CCNC1c2ccccc2CCC1(C)C. The van der Waals surface area contributed by atoms with Gasteiger partial charge in [-0.05, 0) is 43.0 Å². The van der Waals surface area contributed by atoms with Crippen molar-refractivity contribution in [3.05, 3.63) is 35.4 Å². The highest BCUT2D eigenvalue weighted by Crippen LogP contribution is 2.43. The first-order valence-electron chi connectivity index (χ1n) is 7.54. The van der Waals surface area contributed by atoms with Crippen molar-refractivity contribution in [3.63, 3.8) is 0 Å². The van der Waals surface area contributed by atoms with Gasteiger partial charge in [0.1, 0.15) is 0 Å². The number of hydrogen-bond acceptors (Lipinski definition) is 2. The Morgan fingerprint density at radius 1 is 1.32 bits per heavy atom. The molecule has 1 aromatic rings. The van der Waals surface area contributed by atoms with E-state index in [9.17, 15) is 0 Å². The van der Waals surface area contributed by atoms with E-state index in [1.54, 1.807) is 0 Å². The van der Waals surface area contributed by atoms with Gasteiger partial charge in [-0.3, -0.25) is 0 Å². The van der Waals surface area contributed by atoms with Crippen LogP contribution in [0.15, 0.2) is 24.3 Å². The fraction of sp³-hybridized carbons (Fsp3) is 0.647. The van der Waals surface area contributed by atoms with Gasteiger partial charge >= 0.3 is 0 Å². The second-order valence-electron chi connectivity index (χ2n) is 6.47. The van der Waals surface area contributed by atoms with E-state index in [0.29, 0.717) is 11.5 Å². The first-order chi connectivity index (χ1) is 9.04. The Morgan fingerprint density at radius 3 is 2.79 bits per heavy atom. The maximum atomic E-state index is 3.79. The minimum atomic E-state index is 0.346. The molecular weight excluding hydrogens is 232 g/mol. The Morgan fingerprint density at radius 2 is 2.05 bits per heavy atom. The lowest BCUT2D eigenvalue weighted by Gasteiger charge is -2.41. The summed E-state index contributed by atoms with van der Waals surface area (Å²) >= 11 is 0. The summed E-state index contributed by atoms with van der Waals surface area (Å²) in [4.78, 5) is 2.36. The van der Waals surface area contributed by atoms with Crippen LogP contribution in [-0.4, -0.2) is 31.6 Å². The lowest BCUT2D eigenvalue weighted by Crippen LogP contribution is -2.41. The van der Waals surface area contributed by atoms with E-state index in [4.69, 9.17) is 0 Å². The maximum absolute atomic E-state index is 3.79. The maximum Gasteiger partial charge on any atom is 0.0375 e. The van der Waals surface area contributed by atoms with Gasteiger partial charge in [0.05, 0.1) is 0 Å². The van der Waals surface area contributed by atoms with Crippen molar-refractivity contribution < 1.29 is 0 Å². The highest BCUT2D eigenvalue weighted by atomic mass is 15.1. The van der Waals surface area contributed by atoms with Gasteiger partial charge in [0.25, 0.3) is 0 Å². The molecule has 1 atom stereocenters. The molecule has 2 nitrogen and oxygen atoms in total. The molecule has 0 fully saturated rings. The van der Waals surface area contributed by atoms with Crippen LogP contribution >= 0.6 is 0 Å². The summed E-state index contributed by atoms with van der Waals surface area (Å²) in [6.07, 6.45) is 2.49. The van der Waals surface area contributed by atoms with E-state index in [1.807, 2.05) is 0 Å². The van der Waals surface area contributed by atoms with Gasteiger partial charge in [0, 0.05) is 19.1 Å². The number of benzene rings is 1. The number of rotatable bonds is 5. The van der Waals surface area contributed by atoms with Crippen molar-refractivity contribution in [2.45, 2.75) is 39.7 Å². The molecule has 0 amide bonds. The quantitative estimate of drug-likeness (QED) is 0.874. The Kier molecular flexibility index (Phi) is 4.64. The van der Waals surface area contributed by atoms with Crippen LogP contribution in [0.3, 0.4) is 0 Å². The molecule has 2 heteroatoms. The third kappa shape index (κ3) is 3.37. The fourth-order valence-corrected chi connectivity index (χ4v) is 3.01. The first-order valence-corrected chi connectivity index (χ1v) is 7.54. The Bertz CT molecular complexity index is 411. The normalized spacial score (nSPS) is 21.4. The fourth-order valence-electron chi connectivity index (χ4n) is 3.01. The molecule has 0 saturated heterocycles. The van der Waals surface area contributed by atoms with Crippen LogP contribution in [-0.2, 0) is 6.42 Å². The molecule has 0 spiro atoms. The van der Waals surface area contributed by atoms with E-state index in [1.165, 1.54) is 24.0 Å². The van der Waals surface area contributed by atoms with Crippen LogP contribution in [0, 0.1) is 5.41 Å². The number of nitrogens with zero attached hydrogens (tertiary/aromatic N) is 1.